The molecule has 0 aliphatic rings. The van der Waals surface area contributed by atoms with E-state index in [-0.39, 0.29) is 5.82 Å². The molecule has 0 amide bonds. The van der Waals surface area contributed by atoms with Crippen molar-refractivity contribution in [1.29, 1.82) is 0 Å². The standard InChI is InChI=1S/C15H15BrFNO2/c1-19-12-4-5-13(16)10(7-12)9-18-14-6-3-11(17)8-15(14)20-2/h3-8,18H,9H2,1-2H3. The highest BCUT2D eigenvalue weighted by molar-refractivity contribution is 9.10. The number of anilines is 1. The van der Waals surface area contributed by atoms with Gasteiger partial charge in [-0.3, -0.25) is 0 Å². The molecular formula is C15H15BrFNO2. The molecule has 0 saturated heterocycles. The first-order valence-electron chi connectivity index (χ1n) is 6.04. The van der Waals surface area contributed by atoms with Crippen LogP contribution < -0.4 is 14.8 Å². The Balaban J connectivity index is 2.16. The first kappa shape index (κ1) is 14.7. The first-order valence-corrected chi connectivity index (χ1v) is 6.83. The Bertz CT molecular complexity index is 604. The zero-order valence-electron chi connectivity index (χ0n) is 11.2. The highest BCUT2D eigenvalue weighted by atomic mass is 79.9. The molecule has 0 spiro atoms. The molecule has 1 N–H and O–H groups in total. The van der Waals surface area contributed by atoms with Crippen LogP contribution in [0.2, 0.25) is 0 Å². The van der Waals surface area contributed by atoms with Gasteiger partial charge in [0.2, 0.25) is 0 Å². The Kier molecular flexibility index (Phi) is 4.84. The predicted octanol–water partition coefficient (Wildman–Crippen LogP) is 4.22. The molecule has 0 aliphatic carbocycles. The molecule has 0 fully saturated rings. The number of nitrogens with one attached hydrogen (secondary N) is 1. The molecule has 5 heteroatoms. The van der Waals surface area contributed by atoms with Crippen LogP contribution in [-0.2, 0) is 6.54 Å². The van der Waals surface area contributed by atoms with Crippen molar-refractivity contribution in [2.24, 2.45) is 0 Å². The van der Waals surface area contributed by atoms with Gasteiger partial charge in [-0.1, -0.05) is 15.9 Å². The molecule has 0 radical (unpaired) electrons. The maximum atomic E-state index is 13.1. The molecule has 0 unspecified atom stereocenters. The zero-order chi connectivity index (χ0) is 14.5. The van der Waals surface area contributed by atoms with E-state index in [1.807, 2.05) is 18.2 Å². The Morgan fingerprint density at radius 3 is 2.60 bits per heavy atom. The van der Waals surface area contributed by atoms with Crippen molar-refractivity contribution in [3.63, 3.8) is 0 Å². The van der Waals surface area contributed by atoms with Gasteiger partial charge in [0.1, 0.15) is 17.3 Å². The van der Waals surface area contributed by atoms with Crippen molar-refractivity contribution >= 4 is 21.6 Å². The van der Waals surface area contributed by atoms with Crippen LogP contribution in [0.5, 0.6) is 11.5 Å². The summed E-state index contributed by atoms with van der Waals surface area (Å²) in [6.45, 7) is 0.569. The number of ether oxygens (including phenoxy) is 2. The predicted molar refractivity (Wildman–Crippen MR) is 81.0 cm³/mol. The van der Waals surface area contributed by atoms with E-state index in [1.54, 1.807) is 13.2 Å². The number of rotatable bonds is 5. The quantitative estimate of drug-likeness (QED) is 0.884. The third kappa shape index (κ3) is 3.42. The SMILES string of the molecule is COc1ccc(Br)c(CNc2ccc(F)cc2OC)c1. The van der Waals surface area contributed by atoms with Crippen LogP contribution in [0.15, 0.2) is 40.9 Å². The van der Waals surface area contributed by atoms with E-state index < -0.39 is 0 Å². The molecule has 0 heterocycles. The third-order valence-corrected chi connectivity index (χ3v) is 3.66. The normalized spacial score (nSPS) is 10.2. The fraction of sp³-hybridized carbons (Fsp3) is 0.200. The van der Waals surface area contributed by atoms with E-state index in [1.165, 1.54) is 19.2 Å². The van der Waals surface area contributed by atoms with Crippen LogP contribution in [0.4, 0.5) is 10.1 Å². The molecule has 2 aromatic rings. The van der Waals surface area contributed by atoms with Crippen LogP contribution in [0.25, 0.3) is 0 Å². The van der Waals surface area contributed by atoms with Crippen LogP contribution in [0.1, 0.15) is 5.56 Å². The third-order valence-electron chi connectivity index (χ3n) is 2.89. The zero-order valence-corrected chi connectivity index (χ0v) is 12.8. The van der Waals surface area contributed by atoms with Gasteiger partial charge in [0.15, 0.2) is 0 Å². The Labute approximate surface area is 125 Å². The van der Waals surface area contributed by atoms with Gasteiger partial charge >= 0.3 is 0 Å². The van der Waals surface area contributed by atoms with Crippen molar-refractivity contribution in [3.8, 4) is 11.5 Å². The Hall–Kier alpha value is -1.75. The molecule has 106 valence electrons. The number of methoxy groups -OCH3 is 2. The monoisotopic (exact) mass is 339 g/mol. The van der Waals surface area contributed by atoms with Crippen molar-refractivity contribution in [3.05, 3.63) is 52.3 Å². The summed E-state index contributed by atoms with van der Waals surface area (Å²) in [7, 11) is 3.14. The number of benzene rings is 2. The van der Waals surface area contributed by atoms with E-state index in [4.69, 9.17) is 9.47 Å². The summed E-state index contributed by atoms with van der Waals surface area (Å²) in [5.74, 6) is 0.940. The van der Waals surface area contributed by atoms with E-state index in [2.05, 4.69) is 21.2 Å². The van der Waals surface area contributed by atoms with E-state index in [0.29, 0.717) is 12.3 Å². The molecule has 0 saturated carbocycles. The van der Waals surface area contributed by atoms with Crippen LogP contribution in [0, 0.1) is 5.82 Å². The minimum absolute atomic E-state index is 0.324. The van der Waals surface area contributed by atoms with Gasteiger partial charge in [-0.25, -0.2) is 4.39 Å². The Morgan fingerprint density at radius 2 is 1.90 bits per heavy atom. The number of hydrogen-bond donors (Lipinski definition) is 1. The van der Waals surface area contributed by atoms with Crippen molar-refractivity contribution < 1.29 is 13.9 Å². The fourth-order valence-electron chi connectivity index (χ4n) is 1.82. The summed E-state index contributed by atoms with van der Waals surface area (Å²) in [6.07, 6.45) is 0. The minimum Gasteiger partial charge on any atom is -0.497 e. The van der Waals surface area contributed by atoms with Gasteiger partial charge < -0.3 is 14.8 Å². The molecular weight excluding hydrogens is 325 g/mol. The molecule has 2 rings (SSSR count). The van der Waals surface area contributed by atoms with Crippen LogP contribution in [-0.4, -0.2) is 14.2 Å². The van der Waals surface area contributed by atoms with Crippen LogP contribution >= 0.6 is 15.9 Å². The van der Waals surface area contributed by atoms with Crippen molar-refractivity contribution in [1.82, 2.24) is 0 Å². The summed E-state index contributed by atoms with van der Waals surface area (Å²) >= 11 is 3.49. The molecule has 20 heavy (non-hydrogen) atoms. The fourth-order valence-corrected chi connectivity index (χ4v) is 2.20. The highest BCUT2D eigenvalue weighted by Gasteiger charge is 2.06. The molecule has 0 aromatic heterocycles. The largest absolute Gasteiger partial charge is 0.497 e. The number of hydrogen-bond acceptors (Lipinski definition) is 3. The second-order valence-electron chi connectivity index (χ2n) is 4.16. The molecule has 0 aliphatic heterocycles. The van der Waals surface area contributed by atoms with Gasteiger partial charge in [-0.15, -0.1) is 0 Å². The minimum atomic E-state index is -0.324. The lowest BCUT2D eigenvalue weighted by Crippen LogP contribution is -2.02. The summed E-state index contributed by atoms with van der Waals surface area (Å²) in [5.41, 5.74) is 1.78. The highest BCUT2D eigenvalue weighted by Crippen LogP contribution is 2.27. The lowest BCUT2D eigenvalue weighted by Gasteiger charge is -2.13. The lowest BCUT2D eigenvalue weighted by molar-refractivity contribution is 0.413. The van der Waals surface area contributed by atoms with Gasteiger partial charge in [-0.2, -0.15) is 0 Å². The van der Waals surface area contributed by atoms with E-state index in [9.17, 15) is 4.39 Å². The second kappa shape index (κ2) is 6.61. The van der Waals surface area contributed by atoms with Gasteiger partial charge in [0.25, 0.3) is 0 Å². The molecule has 3 nitrogen and oxygen atoms in total. The topological polar surface area (TPSA) is 30.5 Å². The maximum Gasteiger partial charge on any atom is 0.144 e. The maximum absolute atomic E-state index is 13.1. The number of halogens is 2. The molecule has 0 bridgehead atoms. The van der Waals surface area contributed by atoms with Crippen molar-refractivity contribution in [2.45, 2.75) is 6.54 Å². The molecule has 0 atom stereocenters. The summed E-state index contributed by atoms with van der Waals surface area (Å²) < 4.78 is 24.5. The van der Waals surface area contributed by atoms with Gasteiger partial charge in [0, 0.05) is 17.1 Å². The van der Waals surface area contributed by atoms with Crippen LogP contribution in [0.3, 0.4) is 0 Å². The average molecular weight is 340 g/mol. The second-order valence-corrected chi connectivity index (χ2v) is 5.01. The van der Waals surface area contributed by atoms with Gasteiger partial charge in [0.05, 0.1) is 19.9 Å². The Morgan fingerprint density at radius 1 is 1.10 bits per heavy atom. The summed E-state index contributed by atoms with van der Waals surface area (Å²) in [6, 6.07) is 10.1. The lowest BCUT2D eigenvalue weighted by atomic mass is 10.2. The summed E-state index contributed by atoms with van der Waals surface area (Å²) in [5, 5.41) is 3.22. The van der Waals surface area contributed by atoms with Crippen molar-refractivity contribution in [2.75, 3.05) is 19.5 Å². The first-order chi connectivity index (χ1) is 9.63. The average Bonchev–Trinajstić information content (AvgIpc) is 2.47. The van der Waals surface area contributed by atoms with Gasteiger partial charge in [-0.05, 0) is 35.9 Å². The smallest absolute Gasteiger partial charge is 0.144 e. The van der Waals surface area contributed by atoms with E-state index in [0.717, 1.165) is 21.5 Å². The molecule has 2 aromatic carbocycles. The van der Waals surface area contributed by atoms with E-state index >= 15 is 0 Å². The summed E-state index contributed by atoms with van der Waals surface area (Å²) in [4.78, 5) is 0.